The van der Waals surface area contributed by atoms with E-state index in [0.717, 1.165) is 21.9 Å². The third kappa shape index (κ3) is 5.01. The highest BCUT2D eigenvalue weighted by atomic mass is 32.2. The molecular weight excluding hydrogens is 377 g/mol. The van der Waals surface area contributed by atoms with Crippen LogP contribution in [-0.2, 0) is 0 Å². The molecule has 0 amide bonds. The van der Waals surface area contributed by atoms with Crippen LogP contribution in [0.4, 0.5) is 10.1 Å². The van der Waals surface area contributed by atoms with E-state index >= 15 is 0 Å². The molecule has 4 aromatic carbocycles. The molecule has 0 aliphatic rings. The molecular formula is C26H20FNS. The molecule has 29 heavy (non-hydrogen) atoms. The number of aliphatic imine (C=N–C) groups is 1. The van der Waals surface area contributed by atoms with E-state index in [1.54, 1.807) is 23.9 Å². The van der Waals surface area contributed by atoms with Gasteiger partial charge in [-0.15, -0.1) is 0 Å². The predicted octanol–water partition coefficient (Wildman–Crippen LogP) is 7.71. The van der Waals surface area contributed by atoms with Crippen molar-refractivity contribution in [1.29, 1.82) is 0 Å². The Hall–Kier alpha value is -3.17. The first-order valence-corrected chi connectivity index (χ1v) is 10.3. The number of benzene rings is 4. The van der Waals surface area contributed by atoms with Crippen LogP contribution < -0.4 is 0 Å². The zero-order valence-electron chi connectivity index (χ0n) is 16.0. The van der Waals surface area contributed by atoms with E-state index in [1.807, 2.05) is 35.7 Å². The molecule has 0 aliphatic heterocycles. The second-order valence-electron chi connectivity index (χ2n) is 6.77. The van der Waals surface area contributed by atoms with Crippen molar-refractivity contribution in [1.82, 2.24) is 0 Å². The fourth-order valence-corrected chi connectivity index (χ4v) is 3.64. The summed E-state index contributed by atoms with van der Waals surface area (Å²) in [5.74, 6) is -0.226. The molecule has 0 unspecified atom stereocenters. The van der Waals surface area contributed by atoms with E-state index in [-0.39, 0.29) is 5.82 Å². The average Bonchev–Trinajstić information content (AvgIpc) is 2.75. The van der Waals surface area contributed by atoms with Gasteiger partial charge in [0.25, 0.3) is 0 Å². The van der Waals surface area contributed by atoms with Crippen molar-refractivity contribution in [2.45, 2.75) is 11.8 Å². The molecule has 0 heterocycles. The molecule has 0 fully saturated rings. The Balaban J connectivity index is 1.68. The largest absolute Gasteiger partial charge is 0.248 e. The van der Waals surface area contributed by atoms with Crippen LogP contribution in [0, 0.1) is 12.7 Å². The summed E-state index contributed by atoms with van der Waals surface area (Å²) < 4.78 is 13.1. The van der Waals surface area contributed by atoms with Crippen LogP contribution in [0.25, 0.3) is 10.8 Å². The van der Waals surface area contributed by atoms with Crippen LogP contribution in [-0.4, -0.2) is 5.71 Å². The molecule has 0 aliphatic carbocycles. The second-order valence-corrected chi connectivity index (χ2v) is 7.75. The Morgan fingerprint density at radius 2 is 1.55 bits per heavy atom. The number of thioether (sulfide) groups is 1. The molecule has 4 rings (SSSR count). The quantitative estimate of drug-likeness (QED) is 0.248. The monoisotopic (exact) mass is 397 g/mol. The minimum atomic E-state index is -0.226. The summed E-state index contributed by atoms with van der Waals surface area (Å²) in [5.41, 5.74) is 4.06. The number of aryl methyl sites for hydroxylation is 1. The first-order valence-electron chi connectivity index (χ1n) is 9.41. The molecule has 142 valence electrons. The zero-order valence-corrected chi connectivity index (χ0v) is 16.9. The minimum Gasteiger partial charge on any atom is -0.248 e. The summed E-state index contributed by atoms with van der Waals surface area (Å²) >= 11 is 1.54. The summed E-state index contributed by atoms with van der Waals surface area (Å²) in [5, 5.41) is 4.38. The fourth-order valence-electron chi connectivity index (χ4n) is 3.00. The maximum atomic E-state index is 13.1. The molecule has 1 nitrogen and oxygen atoms in total. The summed E-state index contributed by atoms with van der Waals surface area (Å²) in [7, 11) is 0. The molecule has 0 spiro atoms. The van der Waals surface area contributed by atoms with Gasteiger partial charge >= 0.3 is 0 Å². The van der Waals surface area contributed by atoms with Gasteiger partial charge < -0.3 is 0 Å². The van der Waals surface area contributed by atoms with Crippen LogP contribution in [0.2, 0.25) is 0 Å². The van der Waals surface area contributed by atoms with Gasteiger partial charge in [-0.25, -0.2) is 9.38 Å². The maximum Gasteiger partial charge on any atom is 0.123 e. The van der Waals surface area contributed by atoms with Gasteiger partial charge in [0.05, 0.1) is 11.4 Å². The summed E-state index contributed by atoms with van der Waals surface area (Å²) in [6.07, 6.45) is 2.01. The normalized spacial score (nSPS) is 12.0. The Kier molecular flexibility index (Phi) is 5.87. The zero-order chi connectivity index (χ0) is 20.1. The molecule has 4 aromatic rings. The van der Waals surface area contributed by atoms with E-state index < -0.39 is 0 Å². The smallest absolute Gasteiger partial charge is 0.123 e. The lowest BCUT2D eigenvalue weighted by molar-refractivity contribution is 0.626. The van der Waals surface area contributed by atoms with Gasteiger partial charge in [0.2, 0.25) is 0 Å². The van der Waals surface area contributed by atoms with Crippen LogP contribution in [0.15, 0.2) is 112 Å². The number of allylic oxidation sites excluding steroid dienone is 1. The van der Waals surface area contributed by atoms with Gasteiger partial charge in [-0.2, -0.15) is 0 Å². The van der Waals surface area contributed by atoms with E-state index in [2.05, 4.69) is 49.4 Å². The van der Waals surface area contributed by atoms with E-state index in [9.17, 15) is 4.39 Å². The lowest BCUT2D eigenvalue weighted by Gasteiger charge is -2.06. The highest BCUT2D eigenvalue weighted by Gasteiger charge is 2.03. The third-order valence-corrected chi connectivity index (χ3v) is 5.39. The summed E-state index contributed by atoms with van der Waals surface area (Å²) in [4.78, 5) is 5.86. The molecule has 0 saturated heterocycles. The molecule has 0 bridgehead atoms. The van der Waals surface area contributed by atoms with Crippen molar-refractivity contribution in [2.75, 3.05) is 0 Å². The number of hydrogen-bond acceptors (Lipinski definition) is 2. The standard InChI is InChI=1S/C26H20FNS/c1-19-6-12-24(13-7-19)28-26(16-17-29-25-14-10-23(27)11-15-25)22-9-8-20-4-2-3-5-21(20)18-22/h2-18H,1H3. The number of hydrogen-bond donors (Lipinski definition) is 0. The Morgan fingerprint density at radius 1 is 0.828 bits per heavy atom. The van der Waals surface area contributed by atoms with E-state index in [1.165, 1.54) is 28.5 Å². The first-order chi connectivity index (χ1) is 14.2. The van der Waals surface area contributed by atoms with Crippen LogP contribution >= 0.6 is 11.8 Å². The van der Waals surface area contributed by atoms with Crippen LogP contribution in [0.5, 0.6) is 0 Å². The lowest BCUT2D eigenvalue weighted by Crippen LogP contribution is -1.96. The van der Waals surface area contributed by atoms with Gasteiger partial charge in [-0.1, -0.05) is 65.9 Å². The number of rotatable bonds is 5. The summed E-state index contributed by atoms with van der Waals surface area (Å²) in [6.45, 7) is 2.07. The predicted molar refractivity (Wildman–Crippen MR) is 123 cm³/mol. The highest BCUT2D eigenvalue weighted by molar-refractivity contribution is 8.02. The molecule has 3 heteroatoms. The lowest BCUT2D eigenvalue weighted by atomic mass is 10.0. The average molecular weight is 398 g/mol. The van der Waals surface area contributed by atoms with Crippen LogP contribution in [0.3, 0.4) is 0 Å². The number of nitrogens with zero attached hydrogens (tertiary/aromatic N) is 1. The van der Waals surface area contributed by atoms with Crippen molar-refractivity contribution in [3.05, 3.63) is 119 Å². The van der Waals surface area contributed by atoms with Gasteiger partial charge in [0, 0.05) is 10.5 Å². The van der Waals surface area contributed by atoms with Crippen molar-refractivity contribution in [3.63, 3.8) is 0 Å². The third-order valence-electron chi connectivity index (χ3n) is 4.57. The summed E-state index contributed by atoms with van der Waals surface area (Å²) in [6, 6.07) is 29.4. The minimum absolute atomic E-state index is 0.226. The molecule has 0 aromatic heterocycles. The number of fused-ring (bicyclic) bond motifs is 1. The molecule has 0 N–H and O–H groups in total. The van der Waals surface area contributed by atoms with Gasteiger partial charge in [0.15, 0.2) is 0 Å². The van der Waals surface area contributed by atoms with Crippen molar-refractivity contribution in [3.8, 4) is 0 Å². The van der Waals surface area contributed by atoms with Gasteiger partial charge in [-0.3, -0.25) is 0 Å². The fraction of sp³-hybridized carbons (Fsp3) is 0.0385. The molecule has 0 atom stereocenters. The SMILES string of the molecule is Cc1ccc(N=C(C=CSc2ccc(F)cc2)c2ccc3ccccc3c2)cc1. The van der Waals surface area contributed by atoms with Crippen molar-refractivity contribution < 1.29 is 4.39 Å². The van der Waals surface area contributed by atoms with Gasteiger partial charge in [0.1, 0.15) is 5.82 Å². The highest BCUT2D eigenvalue weighted by Crippen LogP contribution is 2.23. The van der Waals surface area contributed by atoms with E-state index in [0.29, 0.717) is 0 Å². The first kappa shape index (κ1) is 19.2. The maximum absolute atomic E-state index is 13.1. The van der Waals surface area contributed by atoms with Gasteiger partial charge in [-0.05, 0) is 71.6 Å². The second kappa shape index (κ2) is 8.89. The molecule has 0 radical (unpaired) electrons. The van der Waals surface area contributed by atoms with Crippen molar-refractivity contribution in [2.24, 2.45) is 4.99 Å². The van der Waals surface area contributed by atoms with E-state index in [4.69, 9.17) is 4.99 Å². The van der Waals surface area contributed by atoms with Crippen LogP contribution in [0.1, 0.15) is 11.1 Å². The van der Waals surface area contributed by atoms with Crippen molar-refractivity contribution >= 4 is 33.9 Å². The number of halogens is 1. The Morgan fingerprint density at radius 3 is 2.31 bits per heavy atom. The topological polar surface area (TPSA) is 12.4 Å². The molecule has 0 saturated carbocycles. The Bertz CT molecular complexity index is 1180. The Labute approximate surface area is 174 Å².